The highest BCUT2D eigenvalue weighted by molar-refractivity contribution is 5.55. The summed E-state index contributed by atoms with van der Waals surface area (Å²) in [7, 11) is 0. The first-order valence-corrected chi connectivity index (χ1v) is 6.36. The van der Waals surface area contributed by atoms with E-state index in [4.69, 9.17) is 0 Å². The van der Waals surface area contributed by atoms with Gasteiger partial charge in [0.2, 0.25) is 0 Å². The average molecular weight is 220 g/mol. The molecule has 0 atom stereocenters. The maximum Gasteiger partial charge on any atom is 0.0456 e. The van der Waals surface area contributed by atoms with E-state index in [0.29, 0.717) is 0 Å². The zero-order chi connectivity index (χ0) is 12.1. The Bertz CT molecular complexity index is 341. The fourth-order valence-electron chi connectivity index (χ4n) is 2.16. The molecule has 0 aromatic carbocycles. The zero-order valence-electron chi connectivity index (χ0n) is 11.3. The topological polar surface area (TPSA) is 16.1 Å². The molecule has 16 heavy (non-hydrogen) atoms. The molecule has 0 spiro atoms. The summed E-state index contributed by atoms with van der Waals surface area (Å²) in [6.45, 7) is 13.0. The highest BCUT2D eigenvalue weighted by Crippen LogP contribution is 2.23. The summed E-state index contributed by atoms with van der Waals surface area (Å²) in [4.78, 5) is 7.05. The standard InChI is InChI=1S/C14H24N2/c1-6-9-13-12(5)14(10-11(4)15-13)16(7-2)8-3/h10H,6-9H2,1-5H3. The summed E-state index contributed by atoms with van der Waals surface area (Å²) in [6, 6.07) is 2.21. The third-order valence-corrected chi connectivity index (χ3v) is 3.06. The van der Waals surface area contributed by atoms with Gasteiger partial charge in [0.1, 0.15) is 0 Å². The van der Waals surface area contributed by atoms with Gasteiger partial charge in [0.25, 0.3) is 0 Å². The number of hydrogen-bond acceptors (Lipinski definition) is 2. The van der Waals surface area contributed by atoms with Crippen LogP contribution in [0.3, 0.4) is 0 Å². The molecule has 2 heteroatoms. The Hall–Kier alpha value is -1.05. The van der Waals surface area contributed by atoms with Gasteiger partial charge >= 0.3 is 0 Å². The predicted octanol–water partition coefficient (Wildman–Crippen LogP) is 3.50. The highest BCUT2D eigenvalue weighted by Gasteiger charge is 2.10. The molecule has 0 aliphatic carbocycles. The second-order valence-electron chi connectivity index (χ2n) is 4.28. The first-order valence-electron chi connectivity index (χ1n) is 6.36. The molecule has 1 aromatic rings. The van der Waals surface area contributed by atoms with Crippen LogP contribution in [-0.2, 0) is 6.42 Å². The Morgan fingerprint density at radius 3 is 2.25 bits per heavy atom. The van der Waals surface area contributed by atoms with Crippen LogP contribution in [0.4, 0.5) is 5.69 Å². The van der Waals surface area contributed by atoms with E-state index in [2.05, 4.69) is 50.6 Å². The van der Waals surface area contributed by atoms with Crippen molar-refractivity contribution in [3.8, 4) is 0 Å². The summed E-state index contributed by atoms with van der Waals surface area (Å²) in [5.74, 6) is 0. The molecule has 0 fully saturated rings. The van der Waals surface area contributed by atoms with Crippen LogP contribution in [0.1, 0.15) is 44.1 Å². The molecule has 0 aliphatic heterocycles. The lowest BCUT2D eigenvalue weighted by Crippen LogP contribution is -2.23. The smallest absolute Gasteiger partial charge is 0.0456 e. The third kappa shape index (κ3) is 2.75. The molecular weight excluding hydrogens is 196 g/mol. The molecule has 0 bridgehead atoms. The second kappa shape index (κ2) is 5.88. The van der Waals surface area contributed by atoms with E-state index < -0.39 is 0 Å². The van der Waals surface area contributed by atoms with Gasteiger partial charge in [-0.05, 0) is 45.7 Å². The van der Waals surface area contributed by atoms with Crippen molar-refractivity contribution in [2.45, 2.75) is 47.5 Å². The largest absolute Gasteiger partial charge is 0.372 e. The van der Waals surface area contributed by atoms with Crippen LogP contribution >= 0.6 is 0 Å². The van der Waals surface area contributed by atoms with Crippen LogP contribution in [0.5, 0.6) is 0 Å². The molecule has 0 radical (unpaired) electrons. The van der Waals surface area contributed by atoms with E-state index in [0.717, 1.165) is 31.6 Å². The normalized spacial score (nSPS) is 10.6. The fraction of sp³-hybridized carbons (Fsp3) is 0.643. The van der Waals surface area contributed by atoms with E-state index in [-0.39, 0.29) is 0 Å². The summed E-state index contributed by atoms with van der Waals surface area (Å²) in [6.07, 6.45) is 2.25. The molecule has 0 N–H and O–H groups in total. The van der Waals surface area contributed by atoms with E-state index in [1.54, 1.807) is 0 Å². The minimum absolute atomic E-state index is 1.06. The maximum absolute atomic E-state index is 4.65. The minimum Gasteiger partial charge on any atom is -0.372 e. The monoisotopic (exact) mass is 220 g/mol. The number of pyridine rings is 1. The van der Waals surface area contributed by atoms with Crippen LogP contribution in [0.2, 0.25) is 0 Å². The predicted molar refractivity (Wildman–Crippen MR) is 71.3 cm³/mol. The number of nitrogens with zero attached hydrogens (tertiary/aromatic N) is 2. The van der Waals surface area contributed by atoms with E-state index in [9.17, 15) is 0 Å². The summed E-state index contributed by atoms with van der Waals surface area (Å²) in [5, 5.41) is 0. The third-order valence-electron chi connectivity index (χ3n) is 3.06. The highest BCUT2D eigenvalue weighted by atomic mass is 15.1. The van der Waals surface area contributed by atoms with Gasteiger partial charge in [0.05, 0.1) is 0 Å². The summed E-state index contributed by atoms with van der Waals surface area (Å²) < 4.78 is 0. The molecular formula is C14H24N2. The van der Waals surface area contributed by atoms with Gasteiger partial charge in [-0.25, -0.2) is 0 Å². The van der Waals surface area contributed by atoms with Crippen LogP contribution in [0.15, 0.2) is 6.07 Å². The van der Waals surface area contributed by atoms with E-state index in [1.807, 2.05) is 0 Å². The number of anilines is 1. The van der Waals surface area contributed by atoms with Crippen molar-refractivity contribution in [3.05, 3.63) is 23.0 Å². The van der Waals surface area contributed by atoms with Crippen LogP contribution in [0.25, 0.3) is 0 Å². The lowest BCUT2D eigenvalue weighted by molar-refractivity contribution is 0.829. The molecule has 0 saturated carbocycles. The van der Waals surface area contributed by atoms with Crippen molar-refractivity contribution in [1.29, 1.82) is 0 Å². The summed E-state index contributed by atoms with van der Waals surface area (Å²) >= 11 is 0. The van der Waals surface area contributed by atoms with Crippen molar-refractivity contribution >= 4 is 5.69 Å². The number of rotatable bonds is 5. The molecule has 0 amide bonds. The van der Waals surface area contributed by atoms with E-state index >= 15 is 0 Å². The molecule has 1 aromatic heterocycles. The van der Waals surface area contributed by atoms with Gasteiger partial charge < -0.3 is 4.90 Å². The van der Waals surface area contributed by atoms with Gasteiger partial charge in [-0.2, -0.15) is 0 Å². The first kappa shape index (κ1) is 13.0. The lowest BCUT2D eigenvalue weighted by Gasteiger charge is -2.24. The van der Waals surface area contributed by atoms with Crippen molar-refractivity contribution in [2.24, 2.45) is 0 Å². The molecule has 1 rings (SSSR count). The van der Waals surface area contributed by atoms with Gasteiger partial charge in [0.15, 0.2) is 0 Å². The molecule has 1 heterocycles. The summed E-state index contributed by atoms with van der Waals surface area (Å²) in [5.41, 5.74) is 5.12. The van der Waals surface area contributed by atoms with Gasteiger partial charge in [-0.1, -0.05) is 13.3 Å². The second-order valence-corrected chi connectivity index (χ2v) is 4.28. The van der Waals surface area contributed by atoms with Crippen molar-refractivity contribution in [3.63, 3.8) is 0 Å². The Labute approximate surface area is 99.7 Å². The Balaban J connectivity index is 3.17. The van der Waals surface area contributed by atoms with Crippen LogP contribution < -0.4 is 4.90 Å². The quantitative estimate of drug-likeness (QED) is 0.755. The average Bonchev–Trinajstić information content (AvgIpc) is 2.26. The SMILES string of the molecule is CCCc1nc(C)cc(N(CC)CC)c1C. The molecule has 0 saturated heterocycles. The number of aryl methyl sites for hydroxylation is 2. The maximum atomic E-state index is 4.65. The molecule has 0 unspecified atom stereocenters. The first-order chi connectivity index (χ1) is 7.63. The molecule has 0 aliphatic rings. The lowest BCUT2D eigenvalue weighted by atomic mass is 10.1. The Morgan fingerprint density at radius 1 is 1.12 bits per heavy atom. The van der Waals surface area contributed by atoms with Gasteiger partial charge in [-0.3, -0.25) is 4.98 Å². The van der Waals surface area contributed by atoms with Crippen LogP contribution in [-0.4, -0.2) is 18.1 Å². The van der Waals surface area contributed by atoms with Crippen molar-refractivity contribution in [2.75, 3.05) is 18.0 Å². The number of aromatic nitrogens is 1. The Kier molecular flexibility index (Phi) is 4.78. The van der Waals surface area contributed by atoms with Gasteiger partial charge in [0, 0.05) is 30.2 Å². The Morgan fingerprint density at radius 2 is 1.75 bits per heavy atom. The number of hydrogen-bond donors (Lipinski definition) is 0. The molecule has 90 valence electrons. The molecule has 2 nitrogen and oxygen atoms in total. The van der Waals surface area contributed by atoms with Crippen molar-refractivity contribution < 1.29 is 0 Å². The fourth-order valence-corrected chi connectivity index (χ4v) is 2.16. The van der Waals surface area contributed by atoms with Crippen LogP contribution in [0, 0.1) is 13.8 Å². The zero-order valence-corrected chi connectivity index (χ0v) is 11.3. The minimum atomic E-state index is 1.06. The van der Waals surface area contributed by atoms with E-state index in [1.165, 1.54) is 16.9 Å². The van der Waals surface area contributed by atoms with Crippen molar-refractivity contribution in [1.82, 2.24) is 4.98 Å². The van der Waals surface area contributed by atoms with Gasteiger partial charge in [-0.15, -0.1) is 0 Å².